The number of rotatable bonds is 4. The standard InChI is InChI=1S/C19H12N4O3S/c24-18-16(12-14-6-9-15(10-7-14)23(25)26)27-19-20-17(21-22(18)19)11-8-13-4-2-1-3-5-13/h1-12H. The minimum absolute atomic E-state index is 0.00647. The molecule has 2 aromatic heterocycles. The van der Waals surface area contributed by atoms with E-state index in [-0.39, 0.29) is 11.2 Å². The lowest BCUT2D eigenvalue weighted by molar-refractivity contribution is -0.384. The van der Waals surface area contributed by atoms with Gasteiger partial charge in [-0.25, -0.2) is 0 Å². The Morgan fingerprint density at radius 2 is 1.74 bits per heavy atom. The number of fused-ring (bicyclic) bond motifs is 1. The molecule has 0 bridgehead atoms. The molecule has 8 heteroatoms. The van der Waals surface area contributed by atoms with Crippen LogP contribution >= 0.6 is 11.3 Å². The first-order valence-corrected chi connectivity index (χ1v) is 8.81. The minimum atomic E-state index is -0.462. The Balaban J connectivity index is 1.65. The van der Waals surface area contributed by atoms with Gasteiger partial charge in [0.15, 0.2) is 5.82 Å². The number of thiazole rings is 1. The fourth-order valence-electron chi connectivity index (χ4n) is 2.50. The van der Waals surface area contributed by atoms with E-state index in [4.69, 9.17) is 0 Å². The van der Waals surface area contributed by atoms with Crippen molar-refractivity contribution < 1.29 is 4.92 Å². The van der Waals surface area contributed by atoms with Crippen molar-refractivity contribution in [3.05, 3.63) is 96.5 Å². The Morgan fingerprint density at radius 1 is 1.00 bits per heavy atom. The summed E-state index contributed by atoms with van der Waals surface area (Å²) in [6, 6.07) is 15.7. The van der Waals surface area contributed by atoms with Crippen LogP contribution in [-0.2, 0) is 0 Å². The quantitative estimate of drug-likeness (QED) is 0.403. The van der Waals surface area contributed by atoms with Gasteiger partial charge in [0, 0.05) is 12.1 Å². The van der Waals surface area contributed by atoms with E-state index in [0.717, 1.165) is 5.56 Å². The van der Waals surface area contributed by atoms with E-state index in [0.29, 0.717) is 20.9 Å². The fraction of sp³-hybridized carbons (Fsp3) is 0. The predicted molar refractivity (Wildman–Crippen MR) is 104 cm³/mol. The highest BCUT2D eigenvalue weighted by Crippen LogP contribution is 2.12. The number of nitro groups is 1. The van der Waals surface area contributed by atoms with Crippen LogP contribution in [0.15, 0.2) is 59.4 Å². The smallest absolute Gasteiger partial charge is 0.266 e. The number of nitrogens with zero attached hydrogens (tertiary/aromatic N) is 4. The van der Waals surface area contributed by atoms with E-state index in [1.165, 1.54) is 28.0 Å². The molecular formula is C19H12N4O3S. The van der Waals surface area contributed by atoms with Gasteiger partial charge in [-0.05, 0) is 35.4 Å². The van der Waals surface area contributed by atoms with Crippen LogP contribution in [0, 0.1) is 10.1 Å². The van der Waals surface area contributed by atoms with Crippen molar-refractivity contribution >= 4 is 40.2 Å². The van der Waals surface area contributed by atoms with Gasteiger partial charge in [0.25, 0.3) is 11.2 Å². The summed E-state index contributed by atoms with van der Waals surface area (Å²) in [5, 5.41) is 14.9. The topological polar surface area (TPSA) is 90.4 Å². The van der Waals surface area contributed by atoms with Crippen LogP contribution < -0.4 is 10.1 Å². The zero-order valence-electron chi connectivity index (χ0n) is 13.9. The molecule has 7 nitrogen and oxygen atoms in total. The molecule has 0 aliphatic carbocycles. The van der Waals surface area contributed by atoms with E-state index in [1.54, 1.807) is 24.3 Å². The van der Waals surface area contributed by atoms with Crippen LogP contribution in [0.4, 0.5) is 5.69 Å². The highest BCUT2D eigenvalue weighted by atomic mass is 32.1. The summed E-state index contributed by atoms with van der Waals surface area (Å²) >= 11 is 1.23. The van der Waals surface area contributed by atoms with Crippen molar-refractivity contribution in [1.82, 2.24) is 14.6 Å². The van der Waals surface area contributed by atoms with E-state index >= 15 is 0 Å². The lowest BCUT2D eigenvalue weighted by Gasteiger charge is -1.92. The molecule has 0 saturated heterocycles. The SMILES string of the molecule is O=c1c(=Cc2ccc([N+](=O)[O-])cc2)sc2nc(C=Cc3ccccc3)nn12. The molecule has 0 N–H and O–H groups in total. The van der Waals surface area contributed by atoms with Gasteiger partial charge in [-0.1, -0.05) is 47.7 Å². The molecule has 4 aromatic rings. The molecule has 0 aliphatic rings. The van der Waals surface area contributed by atoms with Gasteiger partial charge in [-0.3, -0.25) is 14.9 Å². The van der Waals surface area contributed by atoms with Crippen LogP contribution in [0.5, 0.6) is 0 Å². The second-order valence-corrected chi connectivity index (χ2v) is 6.68. The van der Waals surface area contributed by atoms with E-state index in [2.05, 4.69) is 10.1 Å². The third-order valence-electron chi connectivity index (χ3n) is 3.82. The first-order chi connectivity index (χ1) is 13.1. The third kappa shape index (κ3) is 3.51. The average molecular weight is 376 g/mol. The molecule has 132 valence electrons. The molecule has 0 saturated carbocycles. The van der Waals surface area contributed by atoms with E-state index in [9.17, 15) is 14.9 Å². The van der Waals surface area contributed by atoms with Crippen LogP contribution in [0.25, 0.3) is 23.2 Å². The van der Waals surface area contributed by atoms with Crippen molar-refractivity contribution in [1.29, 1.82) is 0 Å². The maximum Gasteiger partial charge on any atom is 0.291 e. The zero-order chi connectivity index (χ0) is 18.8. The highest BCUT2D eigenvalue weighted by Gasteiger charge is 2.09. The lowest BCUT2D eigenvalue weighted by atomic mass is 10.2. The third-order valence-corrected chi connectivity index (χ3v) is 4.78. The van der Waals surface area contributed by atoms with Crippen LogP contribution in [0.1, 0.15) is 17.0 Å². The normalized spacial score (nSPS) is 12.2. The van der Waals surface area contributed by atoms with Crippen LogP contribution in [0.2, 0.25) is 0 Å². The fourth-order valence-corrected chi connectivity index (χ4v) is 3.41. The lowest BCUT2D eigenvalue weighted by Crippen LogP contribution is -2.23. The van der Waals surface area contributed by atoms with Crippen LogP contribution in [0.3, 0.4) is 0 Å². The summed E-state index contributed by atoms with van der Waals surface area (Å²) in [7, 11) is 0. The summed E-state index contributed by atoms with van der Waals surface area (Å²) in [5.74, 6) is 0.462. The molecule has 4 rings (SSSR count). The van der Waals surface area contributed by atoms with Gasteiger partial charge in [0.1, 0.15) is 0 Å². The molecule has 0 fully saturated rings. The number of hydrogen-bond acceptors (Lipinski definition) is 6. The predicted octanol–water partition coefficient (Wildman–Crippen LogP) is 2.78. The summed E-state index contributed by atoms with van der Waals surface area (Å²) in [6.45, 7) is 0. The molecule has 0 spiro atoms. The Bertz CT molecular complexity index is 1260. The molecule has 0 atom stereocenters. The molecule has 2 heterocycles. The zero-order valence-corrected chi connectivity index (χ0v) is 14.7. The highest BCUT2D eigenvalue weighted by molar-refractivity contribution is 7.15. The van der Waals surface area contributed by atoms with Gasteiger partial charge in [-0.2, -0.15) is 9.50 Å². The Hall–Kier alpha value is -3.65. The number of nitro benzene ring substituents is 1. The van der Waals surface area contributed by atoms with E-state index in [1.807, 2.05) is 36.4 Å². The minimum Gasteiger partial charge on any atom is -0.266 e. The van der Waals surface area contributed by atoms with Gasteiger partial charge in [0.2, 0.25) is 4.96 Å². The Labute approximate surface area is 156 Å². The van der Waals surface area contributed by atoms with Gasteiger partial charge in [0.05, 0.1) is 9.46 Å². The molecule has 0 aliphatic heterocycles. The van der Waals surface area contributed by atoms with Crippen molar-refractivity contribution in [2.45, 2.75) is 0 Å². The Kier molecular flexibility index (Phi) is 4.31. The summed E-state index contributed by atoms with van der Waals surface area (Å²) in [4.78, 5) is 27.6. The molecular weight excluding hydrogens is 364 g/mol. The molecule has 27 heavy (non-hydrogen) atoms. The first kappa shape index (κ1) is 16.8. The second-order valence-electron chi connectivity index (χ2n) is 5.67. The number of non-ortho nitro benzene ring substituents is 1. The van der Waals surface area contributed by atoms with Gasteiger partial charge < -0.3 is 0 Å². The largest absolute Gasteiger partial charge is 0.291 e. The summed E-state index contributed by atoms with van der Waals surface area (Å²) in [5.41, 5.74) is 1.46. The van der Waals surface area contributed by atoms with Gasteiger partial charge in [-0.15, -0.1) is 5.10 Å². The van der Waals surface area contributed by atoms with E-state index < -0.39 is 4.92 Å². The molecule has 2 aromatic carbocycles. The number of hydrogen-bond donors (Lipinski definition) is 0. The first-order valence-electron chi connectivity index (χ1n) is 7.99. The maximum absolute atomic E-state index is 12.5. The average Bonchev–Trinajstić information content (AvgIpc) is 3.20. The monoisotopic (exact) mass is 376 g/mol. The number of aromatic nitrogens is 3. The number of benzene rings is 2. The van der Waals surface area contributed by atoms with Crippen molar-refractivity contribution in [2.24, 2.45) is 0 Å². The molecule has 0 radical (unpaired) electrons. The van der Waals surface area contributed by atoms with Crippen molar-refractivity contribution in [2.75, 3.05) is 0 Å². The second kappa shape index (κ2) is 6.93. The van der Waals surface area contributed by atoms with Crippen LogP contribution in [-0.4, -0.2) is 19.5 Å². The van der Waals surface area contributed by atoms with Gasteiger partial charge >= 0.3 is 0 Å². The summed E-state index contributed by atoms with van der Waals surface area (Å²) in [6.07, 6.45) is 5.31. The maximum atomic E-state index is 12.5. The summed E-state index contributed by atoms with van der Waals surface area (Å²) < 4.78 is 1.74. The Morgan fingerprint density at radius 3 is 2.41 bits per heavy atom. The molecule has 0 amide bonds. The molecule has 0 unspecified atom stereocenters. The van der Waals surface area contributed by atoms with Crippen molar-refractivity contribution in [3.63, 3.8) is 0 Å². The van der Waals surface area contributed by atoms with Crippen molar-refractivity contribution in [3.8, 4) is 0 Å².